The fourth-order valence-corrected chi connectivity index (χ4v) is 2.09. The smallest absolute Gasteiger partial charge is 0.307 e. The number of allylic oxidation sites excluding steroid dienone is 2. The van der Waals surface area contributed by atoms with E-state index in [-0.39, 0.29) is 5.91 Å². The number of hydrogen-bond acceptors (Lipinski definition) is 3. The zero-order chi connectivity index (χ0) is 13.4. The van der Waals surface area contributed by atoms with Gasteiger partial charge in [-0.2, -0.15) is 0 Å². The molecule has 0 fully saturated rings. The van der Waals surface area contributed by atoms with Crippen LogP contribution in [0.2, 0.25) is 0 Å². The van der Waals surface area contributed by atoms with Gasteiger partial charge in [0.05, 0.1) is 11.8 Å². The highest BCUT2D eigenvalue weighted by Gasteiger charge is 2.33. The van der Waals surface area contributed by atoms with Crippen LogP contribution in [0, 0.1) is 11.8 Å². The second-order valence-electron chi connectivity index (χ2n) is 4.48. The van der Waals surface area contributed by atoms with E-state index in [1.807, 2.05) is 12.2 Å². The summed E-state index contributed by atoms with van der Waals surface area (Å²) in [7, 11) is 1.64. The van der Waals surface area contributed by atoms with Gasteiger partial charge in [-0.1, -0.05) is 12.2 Å². The average molecular weight is 255 g/mol. The first kappa shape index (κ1) is 14.7. The summed E-state index contributed by atoms with van der Waals surface area (Å²) in [5.41, 5.74) is 0. The molecule has 0 aromatic carbocycles. The van der Waals surface area contributed by atoms with Gasteiger partial charge in [0.15, 0.2) is 0 Å². The molecule has 0 bridgehead atoms. The van der Waals surface area contributed by atoms with Crippen molar-refractivity contribution in [3.63, 3.8) is 0 Å². The highest BCUT2D eigenvalue weighted by atomic mass is 16.5. The van der Waals surface area contributed by atoms with Gasteiger partial charge in [-0.3, -0.25) is 9.59 Å². The minimum atomic E-state index is -0.890. The molecule has 0 saturated heterocycles. The predicted octanol–water partition coefficient (Wildman–Crippen LogP) is 1.20. The molecule has 2 N–H and O–H groups in total. The standard InChI is InChI=1S/C13H21NO4/c1-18-9-5-4-8-14-12(15)10-6-2-3-7-11(10)13(16)17/h2-3,10-11H,4-9H2,1H3,(H,14,15)(H,16,17). The van der Waals surface area contributed by atoms with E-state index in [4.69, 9.17) is 9.84 Å². The summed E-state index contributed by atoms with van der Waals surface area (Å²) in [5, 5.41) is 11.9. The molecule has 0 aromatic rings. The molecule has 1 aliphatic rings. The van der Waals surface area contributed by atoms with Crippen molar-refractivity contribution in [3.05, 3.63) is 12.2 Å². The molecule has 0 radical (unpaired) electrons. The molecule has 18 heavy (non-hydrogen) atoms. The predicted molar refractivity (Wildman–Crippen MR) is 67.1 cm³/mol. The van der Waals surface area contributed by atoms with Crippen LogP contribution in [0.3, 0.4) is 0 Å². The van der Waals surface area contributed by atoms with Crippen LogP contribution in [0.15, 0.2) is 12.2 Å². The number of methoxy groups -OCH3 is 1. The lowest BCUT2D eigenvalue weighted by molar-refractivity contribution is -0.147. The van der Waals surface area contributed by atoms with E-state index in [1.165, 1.54) is 0 Å². The maximum Gasteiger partial charge on any atom is 0.307 e. The van der Waals surface area contributed by atoms with E-state index >= 15 is 0 Å². The van der Waals surface area contributed by atoms with E-state index in [9.17, 15) is 9.59 Å². The number of unbranched alkanes of at least 4 members (excludes halogenated alkanes) is 1. The third-order valence-electron chi connectivity index (χ3n) is 3.16. The van der Waals surface area contributed by atoms with Gasteiger partial charge in [0.2, 0.25) is 5.91 Å². The molecule has 1 rings (SSSR count). The minimum Gasteiger partial charge on any atom is -0.481 e. The van der Waals surface area contributed by atoms with Crippen LogP contribution < -0.4 is 5.32 Å². The molecule has 1 aliphatic carbocycles. The highest BCUT2D eigenvalue weighted by molar-refractivity contribution is 5.85. The molecule has 2 unspecified atom stereocenters. The topological polar surface area (TPSA) is 75.6 Å². The Morgan fingerprint density at radius 2 is 1.94 bits per heavy atom. The van der Waals surface area contributed by atoms with Gasteiger partial charge < -0.3 is 15.2 Å². The van der Waals surface area contributed by atoms with Gasteiger partial charge in [0, 0.05) is 20.3 Å². The number of carboxylic acid groups (broad SMARTS) is 1. The van der Waals surface area contributed by atoms with E-state index in [2.05, 4.69) is 5.32 Å². The Morgan fingerprint density at radius 3 is 2.56 bits per heavy atom. The number of carbonyl (C=O) groups excluding carboxylic acids is 1. The number of rotatable bonds is 7. The van der Waals surface area contributed by atoms with Crippen molar-refractivity contribution < 1.29 is 19.4 Å². The van der Waals surface area contributed by atoms with Gasteiger partial charge in [-0.25, -0.2) is 0 Å². The fourth-order valence-electron chi connectivity index (χ4n) is 2.09. The molecule has 2 atom stereocenters. The molecular weight excluding hydrogens is 234 g/mol. The van der Waals surface area contributed by atoms with Gasteiger partial charge in [0.1, 0.15) is 0 Å². The van der Waals surface area contributed by atoms with E-state index in [1.54, 1.807) is 7.11 Å². The van der Waals surface area contributed by atoms with E-state index < -0.39 is 17.8 Å². The largest absolute Gasteiger partial charge is 0.481 e. The SMILES string of the molecule is COCCCCNC(=O)C1CC=CCC1C(=O)O. The molecule has 0 spiro atoms. The quantitative estimate of drug-likeness (QED) is 0.529. The summed E-state index contributed by atoms with van der Waals surface area (Å²) in [5.74, 6) is -2.06. The van der Waals surface area contributed by atoms with Crippen molar-refractivity contribution in [3.8, 4) is 0 Å². The normalized spacial score (nSPS) is 22.7. The molecule has 0 aromatic heterocycles. The molecule has 0 saturated carbocycles. The fraction of sp³-hybridized carbons (Fsp3) is 0.692. The molecule has 0 heterocycles. The third-order valence-corrected chi connectivity index (χ3v) is 3.16. The lowest BCUT2D eigenvalue weighted by Crippen LogP contribution is -2.39. The number of carbonyl (C=O) groups is 2. The van der Waals surface area contributed by atoms with Crippen LogP contribution in [0.25, 0.3) is 0 Å². The first-order chi connectivity index (χ1) is 8.66. The number of nitrogens with one attached hydrogen (secondary N) is 1. The Kier molecular flexibility index (Phi) is 6.43. The minimum absolute atomic E-state index is 0.149. The lowest BCUT2D eigenvalue weighted by Gasteiger charge is -2.24. The molecule has 0 aliphatic heterocycles. The van der Waals surface area contributed by atoms with Gasteiger partial charge >= 0.3 is 5.97 Å². The summed E-state index contributed by atoms with van der Waals surface area (Å²) in [6, 6.07) is 0. The second kappa shape index (κ2) is 7.87. The molecule has 102 valence electrons. The van der Waals surface area contributed by atoms with Crippen molar-refractivity contribution >= 4 is 11.9 Å². The Balaban J connectivity index is 2.35. The molecule has 5 heteroatoms. The Labute approximate surface area is 107 Å². The average Bonchev–Trinajstić information content (AvgIpc) is 2.38. The zero-order valence-electron chi connectivity index (χ0n) is 10.7. The number of carboxylic acids is 1. The van der Waals surface area contributed by atoms with Crippen LogP contribution in [0.5, 0.6) is 0 Å². The van der Waals surface area contributed by atoms with Crippen LogP contribution in [-0.2, 0) is 14.3 Å². The molecular formula is C13H21NO4. The monoisotopic (exact) mass is 255 g/mol. The van der Waals surface area contributed by atoms with Crippen LogP contribution in [0.1, 0.15) is 25.7 Å². The maximum absolute atomic E-state index is 11.9. The highest BCUT2D eigenvalue weighted by Crippen LogP contribution is 2.25. The van der Waals surface area contributed by atoms with Crippen LogP contribution in [-0.4, -0.2) is 37.2 Å². The van der Waals surface area contributed by atoms with E-state index in [0.29, 0.717) is 26.0 Å². The van der Waals surface area contributed by atoms with Crippen molar-refractivity contribution in [2.75, 3.05) is 20.3 Å². The van der Waals surface area contributed by atoms with Gasteiger partial charge in [-0.15, -0.1) is 0 Å². The van der Waals surface area contributed by atoms with Crippen molar-refractivity contribution in [2.24, 2.45) is 11.8 Å². The Hall–Kier alpha value is -1.36. The number of amides is 1. The summed E-state index contributed by atoms with van der Waals surface area (Å²) >= 11 is 0. The zero-order valence-corrected chi connectivity index (χ0v) is 10.7. The summed E-state index contributed by atoms with van der Waals surface area (Å²) in [4.78, 5) is 23.0. The second-order valence-corrected chi connectivity index (χ2v) is 4.48. The van der Waals surface area contributed by atoms with Crippen molar-refractivity contribution in [1.82, 2.24) is 5.32 Å². The number of aliphatic carboxylic acids is 1. The van der Waals surface area contributed by atoms with E-state index in [0.717, 1.165) is 12.8 Å². The summed E-state index contributed by atoms with van der Waals surface area (Å²) in [6.07, 6.45) is 6.41. The Morgan fingerprint density at radius 1 is 1.28 bits per heavy atom. The van der Waals surface area contributed by atoms with Crippen molar-refractivity contribution in [2.45, 2.75) is 25.7 Å². The lowest BCUT2D eigenvalue weighted by atomic mass is 9.82. The first-order valence-electron chi connectivity index (χ1n) is 6.31. The summed E-state index contributed by atoms with van der Waals surface area (Å²) < 4.78 is 4.91. The van der Waals surface area contributed by atoms with Crippen LogP contribution in [0.4, 0.5) is 0 Å². The molecule has 5 nitrogen and oxygen atoms in total. The first-order valence-corrected chi connectivity index (χ1v) is 6.31. The number of hydrogen-bond donors (Lipinski definition) is 2. The van der Waals surface area contributed by atoms with Crippen LogP contribution >= 0.6 is 0 Å². The summed E-state index contributed by atoms with van der Waals surface area (Å²) in [6.45, 7) is 1.26. The third kappa shape index (κ3) is 4.49. The van der Waals surface area contributed by atoms with Gasteiger partial charge in [0.25, 0.3) is 0 Å². The van der Waals surface area contributed by atoms with Gasteiger partial charge in [-0.05, 0) is 25.7 Å². The maximum atomic E-state index is 11.9. The van der Waals surface area contributed by atoms with Crippen molar-refractivity contribution in [1.29, 1.82) is 0 Å². The molecule has 1 amide bonds. The number of ether oxygens (including phenoxy) is 1. The Bertz CT molecular complexity index is 314.